The Morgan fingerprint density at radius 1 is 1.26 bits per heavy atom. The van der Waals surface area contributed by atoms with Gasteiger partial charge in [-0.15, -0.1) is 11.3 Å². The molecule has 0 aliphatic heterocycles. The first-order chi connectivity index (χ1) is 9.17. The molecule has 1 heterocycles. The van der Waals surface area contributed by atoms with Gasteiger partial charge >= 0.3 is 0 Å². The van der Waals surface area contributed by atoms with Crippen LogP contribution in [0.2, 0.25) is 0 Å². The quantitative estimate of drug-likeness (QED) is 0.814. The SMILES string of the molecule is CCNC(c1ccc(CC)s1)c1c(F)cccc1Br. The van der Waals surface area contributed by atoms with Crippen molar-refractivity contribution >= 4 is 27.3 Å². The van der Waals surface area contributed by atoms with Gasteiger partial charge in [0.2, 0.25) is 0 Å². The summed E-state index contributed by atoms with van der Waals surface area (Å²) in [6.45, 7) is 4.97. The molecule has 1 aromatic carbocycles. The third kappa shape index (κ3) is 3.25. The molecular weight excluding hydrogens is 325 g/mol. The summed E-state index contributed by atoms with van der Waals surface area (Å²) in [4.78, 5) is 2.48. The summed E-state index contributed by atoms with van der Waals surface area (Å²) in [5.41, 5.74) is 0.689. The van der Waals surface area contributed by atoms with Crippen LogP contribution < -0.4 is 5.32 Å². The van der Waals surface area contributed by atoms with E-state index in [1.807, 2.05) is 13.0 Å². The van der Waals surface area contributed by atoms with Gasteiger partial charge in [0.1, 0.15) is 5.82 Å². The highest BCUT2D eigenvalue weighted by Gasteiger charge is 2.21. The van der Waals surface area contributed by atoms with E-state index < -0.39 is 0 Å². The first kappa shape index (κ1) is 14.7. The van der Waals surface area contributed by atoms with E-state index in [0.29, 0.717) is 5.56 Å². The van der Waals surface area contributed by atoms with Crippen LogP contribution in [0.15, 0.2) is 34.8 Å². The lowest BCUT2D eigenvalue weighted by molar-refractivity contribution is 0.561. The summed E-state index contributed by atoms with van der Waals surface area (Å²) < 4.78 is 14.9. The smallest absolute Gasteiger partial charge is 0.129 e. The molecule has 4 heteroatoms. The third-order valence-electron chi connectivity index (χ3n) is 3.01. The van der Waals surface area contributed by atoms with Gasteiger partial charge in [-0.1, -0.05) is 35.8 Å². The molecule has 1 atom stereocenters. The van der Waals surface area contributed by atoms with Gasteiger partial charge in [0.15, 0.2) is 0 Å². The predicted molar refractivity (Wildman–Crippen MR) is 83.3 cm³/mol. The lowest BCUT2D eigenvalue weighted by Gasteiger charge is -2.19. The number of thiophene rings is 1. The highest BCUT2D eigenvalue weighted by atomic mass is 79.9. The van der Waals surface area contributed by atoms with Crippen molar-refractivity contribution in [2.24, 2.45) is 0 Å². The Balaban J connectivity index is 2.45. The van der Waals surface area contributed by atoms with Crippen molar-refractivity contribution in [1.29, 1.82) is 0 Å². The van der Waals surface area contributed by atoms with E-state index in [4.69, 9.17) is 0 Å². The Hall–Kier alpha value is -0.710. The van der Waals surface area contributed by atoms with E-state index in [1.165, 1.54) is 10.9 Å². The van der Waals surface area contributed by atoms with Gasteiger partial charge in [0.05, 0.1) is 6.04 Å². The molecule has 0 bridgehead atoms. The van der Waals surface area contributed by atoms with Gasteiger partial charge < -0.3 is 5.32 Å². The third-order valence-corrected chi connectivity index (χ3v) is 5.00. The number of hydrogen-bond acceptors (Lipinski definition) is 2. The minimum Gasteiger partial charge on any atom is -0.306 e. The van der Waals surface area contributed by atoms with Crippen LogP contribution in [-0.4, -0.2) is 6.54 Å². The predicted octanol–water partition coefficient (Wildman–Crippen LogP) is 4.91. The Kier molecular flexibility index (Phi) is 5.13. The number of nitrogens with one attached hydrogen (secondary N) is 1. The van der Waals surface area contributed by atoms with Crippen LogP contribution in [0.25, 0.3) is 0 Å². The molecule has 0 amide bonds. The Bertz CT molecular complexity index is 533. The molecule has 2 aromatic rings. The van der Waals surface area contributed by atoms with Crippen LogP contribution in [0, 0.1) is 5.82 Å². The van der Waals surface area contributed by atoms with Crippen LogP contribution in [-0.2, 0) is 6.42 Å². The normalized spacial score (nSPS) is 12.6. The maximum Gasteiger partial charge on any atom is 0.129 e. The lowest BCUT2D eigenvalue weighted by Crippen LogP contribution is -2.22. The second kappa shape index (κ2) is 6.64. The van der Waals surface area contributed by atoms with Gasteiger partial charge in [-0.25, -0.2) is 4.39 Å². The van der Waals surface area contributed by atoms with Crippen LogP contribution in [0.5, 0.6) is 0 Å². The number of aryl methyl sites for hydroxylation is 1. The van der Waals surface area contributed by atoms with Gasteiger partial charge in [-0.05, 0) is 37.2 Å². The molecule has 102 valence electrons. The molecule has 0 aliphatic carbocycles. The monoisotopic (exact) mass is 341 g/mol. The molecule has 1 N–H and O–H groups in total. The molecule has 19 heavy (non-hydrogen) atoms. The maximum atomic E-state index is 14.1. The first-order valence-corrected chi connectivity index (χ1v) is 8.04. The van der Waals surface area contributed by atoms with E-state index >= 15 is 0 Å². The van der Waals surface area contributed by atoms with Crippen molar-refractivity contribution in [3.63, 3.8) is 0 Å². The fraction of sp³-hybridized carbons (Fsp3) is 0.333. The van der Waals surface area contributed by atoms with Crippen molar-refractivity contribution in [3.8, 4) is 0 Å². The fourth-order valence-electron chi connectivity index (χ4n) is 2.08. The Morgan fingerprint density at radius 2 is 2.05 bits per heavy atom. The van der Waals surface area contributed by atoms with Crippen molar-refractivity contribution in [2.75, 3.05) is 6.54 Å². The highest BCUT2D eigenvalue weighted by molar-refractivity contribution is 9.10. The molecule has 1 unspecified atom stereocenters. The van der Waals surface area contributed by atoms with Crippen LogP contribution in [0.1, 0.15) is 35.2 Å². The van der Waals surface area contributed by atoms with Crippen molar-refractivity contribution in [3.05, 3.63) is 55.9 Å². The second-order valence-electron chi connectivity index (χ2n) is 4.28. The Labute approximate surface area is 126 Å². The van der Waals surface area contributed by atoms with E-state index in [-0.39, 0.29) is 11.9 Å². The molecule has 0 radical (unpaired) electrons. The number of halogens is 2. The van der Waals surface area contributed by atoms with Gasteiger partial charge in [-0.3, -0.25) is 0 Å². The van der Waals surface area contributed by atoms with Crippen LogP contribution in [0.3, 0.4) is 0 Å². The van der Waals surface area contributed by atoms with Crippen molar-refractivity contribution < 1.29 is 4.39 Å². The molecular formula is C15H17BrFNS. The lowest BCUT2D eigenvalue weighted by atomic mass is 10.0. The maximum absolute atomic E-state index is 14.1. The molecule has 0 saturated carbocycles. The molecule has 0 saturated heterocycles. The zero-order valence-electron chi connectivity index (χ0n) is 11.0. The highest BCUT2D eigenvalue weighted by Crippen LogP contribution is 2.34. The first-order valence-electron chi connectivity index (χ1n) is 6.43. The minimum atomic E-state index is -0.174. The average Bonchev–Trinajstić information content (AvgIpc) is 2.86. The summed E-state index contributed by atoms with van der Waals surface area (Å²) in [7, 11) is 0. The van der Waals surface area contributed by atoms with E-state index in [9.17, 15) is 4.39 Å². The largest absolute Gasteiger partial charge is 0.306 e. The van der Waals surface area contributed by atoms with Crippen molar-refractivity contribution in [1.82, 2.24) is 5.32 Å². The molecule has 0 spiro atoms. The molecule has 1 aromatic heterocycles. The van der Waals surface area contributed by atoms with Gasteiger partial charge in [0, 0.05) is 19.8 Å². The number of hydrogen-bond donors (Lipinski definition) is 1. The molecule has 0 fully saturated rings. The molecule has 1 nitrogen and oxygen atoms in total. The fourth-order valence-corrected chi connectivity index (χ4v) is 3.68. The number of rotatable bonds is 5. The zero-order chi connectivity index (χ0) is 13.8. The standard InChI is InChI=1S/C15H17BrFNS/c1-3-10-8-9-13(19-10)15(18-4-2)14-11(16)6-5-7-12(14)17/h5-9,15,18H,3-4H2,1-2H3. The minimum absolute atomic E-state index is 0.0918. The number of benzene rings is 1. The van der Waals surface area contributed by atoms with E-state index in [1.54, 1.807) is 17.4 Å². The molecule has 0 aliphatic rings. The van der Waals surface area contributed by atoms with Gasteiger partial charge in [0.25, 0.3) is 0 Å². The topological polar surface area (TPSA) is 12.0 Å². The van der Waals surface area contributed by atoms with E-state index in [2.05, 4.69) is 40.3 Å². The Morgan fingerprint density at radius 3 is 2.63 bits per heavy atom. The summed E-state index contributed by atoms with van der Waals surface area (Å²) in [6, 6.07) is 9.24. The van der Waals surface area contributed by atoms with Crippen LogP contribution >= 0.6 is 27.3 Å². The van der Waals surface area contributed by atoms with Crippen molar-refractivity contribution in [2.45, 2.75) is 26.3 Å². The zero-order valence-corrected chi connectivity index (χ0v) is 13.4. The van der Waals surface area contributed by atoms with Gasteiger partial charge in [-0.2, -0.15) is 0 Å². The summed E-state index contributed by atoms with van der Waals surface area (Å²) >= 11 is 5.21. The summed E-state index contributed by atoms with van der Waals surface area (Å²) in [6.07, 6.45) is 1.02. The average molecular weight is 342 g/mol. The molecule has 2 rings (SSSR count). The van der Waals surface area contributed by atoms with Crippen LogP contribution in [0.4, 0.5) is 4.39 Å². The van der Waals surface area contributed by atoms with E-state index in [0.717, 1.165) is 22.3 Å². The second-order valence-corrected chi connectivity index (χ2v) is 6.34. The summed E-state index contributed by atoms with van der Waals surface area (Å²) in [5.74, 6) is -0.174. The summed E-state index contributed by atoms with van der Waals surface area (Å²) in [5, 5.41) is 3.37.